The molecule has 0 unspecified atom stereocenters. The minimum atomic E-state index is -0.586. The number of aromatic hydroxyl groups is 1. The van der Waals surface area contributed by atoms with Gasteiger partial charge in [-0.15, -0.1) is 0 Å². The number of aromatic nitrogens is 1. The number of anilines is 1. The molecule has 184 valence electrons. The molecule has 0 bridgehead atoms. The number of rotatable bonds is 8. The fourth-order valence-electron chi connectivity index (χ4n) is 3.75. The number of nitrogens with one attached hydrogen (secondary N) is 1. The molecule has 0 radical (unpaired) electrons. The van der Waals surface area contributed by atoms with Crippen molar-refractivity contribution in [3.8, 4) is 39.5 Å². The molecule has 0 fully saturated rings. The maximum absolute atomic E-state index is 12.4. The topological polar surface area (TPSA) is 118 Å². The van der Waals surface area contributed by atoms with E-state index in [1.54, 1.807) is 42.5 Å². The second-order valence-corrected chi connectivity index (χ2v) is 8.76. The van der Waals surface area contributed by atoms with Crippen molar-refractivity contribution < 1.29 is 19.2 Å². The number of phenols is 1. The number of amides is 1. The summed E-state index contributed by atoms with van der Waals surface area (Å²) in [5, 5.41) is 25.1. The molecule has 36 heavy (non-hydrogen) atoms. The van der Waals surface area contributed by atoms with E-state index >= 15 is 0 Å². The second kappa shape index (κ2) is 10.8. The predicted octanol–water partition coefficient (Wildman–Crippen LogP) is 7.72. The SMILES string of the molecule is CCCCC(=O)Nc1nc(-c2c(Cl)cccc2Cl)c(-c2ccccc2-c2ccc([N+](=O)[O-])cc2O)o1. The van der Waals surface area contributed by atoms with Crippen LogP contribution in [0.5, 0.6) is 5.75 Å². The highest BCUT2D eigenvalue weighted by Crippen LogP contribution is 2.45. The number of nitro benzene ring substituents is 1. The van der Waals surface area contributed by atoms with E-state index in [1.165, 1.54) is 12.1 Å². The van der Waals surface area contributed by atoms with Crippen LogP contribution in [0.4, 0.5) is 11.7 Å². The number of carbonyl (C=O) groups is 1. The monoisotopic (exact) mass is 525 g/mol. The van der Waals surface area contributed by atoms with E-state index in [1.807, 2.05) is 6.92 Å². The first kappa shape index (κ1) is 25.2. The highest BCUT2D eigenvalue weighted by atomic mass is 35.5. The van der Waals surface area contributed by atoms with Crippen LogP contribution in [0.3, 0.4) is 0 Å². The molecule has 4 aromatic rings. The fourth-order valence-corrected chi connectivity index (χ4v) is 4.32. The Hall–Kier alpha value is -3.88. The van der Waals surface area contributed by atoms with Crippen molar-refractivity contribution in [2.45, 2.75) is 26.2 Å². The number of hydrogen-bond donors (Lipinski definition) is 2. The van der Waals surface area contributed by atoms with Gasteiger partial charge in [0.2, 0.25) is 5.91 Å². The van der Waals surface area contributed by atoms with E-state index in [9.17, 15) is 20.0 Å². The molecule has 4 rings (SSSR count). The normalized spacial score (nSPS) is 10.9. The summed E-state index contributed by atoms with van der Waals surface area (Å²) < 4.78 is 6.03. The molecular weight excluding hydrogens is 505 g/mol. The van der Waals surface area contributed by atoms with Gasteiger partial charge in [-0.3, -0.25) is 20.2 Å². The summed E-state index contributed by atoms with van der Waals surface area (Å²) in [6, 6.07) is 15.8. The summed E-state index contributed by atoms with van der Waals surface area (Å²) in [6.07, 6.45) is 1.88. The minimum absolute atomic E-state index is 0.0280. The van der Waals surface area contributed by atoms with Gasteiger partial charge in [-0.2, -0.15) is 4.98 Å². The number of carbonyl (C=O) groups excluding carboxylic acids is 1. The third-order valence-electron chi connectivity index (χ3n) is 5.48. The maximum Gasteiger partial charge on any atom is 0.302 e. The van der Waals surface area contributed by atoms with E-state index < -0.39 is 4.92 Å². The van der Waals surface area contributed by atoms with Crippen molar-refractivity contribution in [1.29, 1.82) is 0 Å². The Balaban J connectivity index is 1.90. The van der Waals surface area contributed by atoms with E-state index in [0.717, 1.165) is 12.5 Å². The fraction of sp³-hybridized carbons (Fsp3) is 0.154. The Morgan fingerprint density at radius 1 is 1.06 bits per heavy atom. The van der Waals surface area contributed by atoms with Gasteiger partial charge in [-0.25, -0.2) is 0 Å². The van der Waals surface area contributed by atoms with Crippen LogP contribution in [0.25, 0.3) is 33.7 Å². The standard InChI is InChI=1S/C26H21Cl2N3O5/c1-2-3-11-22(33)29-26-30-24(23-19(27)9-6-10-20(23)28)25(36-26)18-8-5-4-7-16(18)17-13-12-15(31(34)35)14-21(17)32/h4-10,12-14,32H,2-3,11H2,1H3,(H,29,30,33). The van der Waals surface area contributed by atoms with Crippen molar-refractivity contribution in [1.82, 2.24) is 4.98 Å². The number of unbranched alkanes of at least 4 members (excludes halogenated alkanes) is 1. The van der Waals surface area contributed by atoms with Gasteiger partial charge in [0, 0.05) is 29.2 Å². The number of halogens is 2. The van der Waals surface area contributed by atoms with E-state index in [-0.39, 0.29) is 29.1 Å². The summed E-state index contributed by atoms with van der Waals surface area (Å²) in [5.74, 6) is -0.270. The molecule has 0 aliphatic carbocycles. The zero-order valence-electron chi connectivity index (χ0n) is 19.1. The lowest BCUT2D eigenvalue weighted by atomic mass is 9.95. The smallest absolute Gasteiger partial charge is 0.302 e. The quantitative estimate of drug-likeness (QED) is 0.179. The molecule has 3 aromatic carbocycles. The lowest BCUT2D eigenvalue weighted by Gasteiger charge is -2.11. The van der Waals surface area contributed by atoms with Gasteiger partial charge in [-0.1, -0.05) is 66.9 Å². The Kier molecular flexibility index (Phi) is 7.57. The average Bonchev–Trinajstić information content (AvgIpc) is 3.25. The van der Waals surface area contributed by atoms with Crippen LogP contribution < -0.4 is 5.32 Å². The molecule has 1 heterocycles. The van der Waals surface area contributed by atoms with Gasteiger partial charge in [0.05, 0.1) is 21.0 Å². The summed E-state index contributed by atoms with van der Waals surface area (Å²) in [4.78, 5) is 27.4. The van der Waals surface area contributed by atoms with Crippen molar-refractivity contribution in [3.63, 3.8) is 0 Å². The van der Waals surface area contributed by atoms with Crippen molar-refractivity contribution >= 4 is 40.8 Å². The first-order chi connectivity index (χ1) is 17.3. The number of oxazole rings is 1. The number of benzene rings is 3. The summed E-state index contributed by atoms with van der Waals surface area (Å²) >= 11 is 13.0. The molecule has 10 heteroatoms. The zero-order valence-corrected chi connectivity index (χ0v) is 20.6. The Morgan fingerprint density at radius 3 is 2.39 bits per heavy atom. The Bertz CT molecular complexity index is 1430. The number of nitro groups is 1. The number of non-ortho nitro benzene ring substituents is 1. The first-order valence-electron chi connectivity index (χ1n) is 11.1. The van der Waals surface area contributed by atoms with Gasteiger partial charge >= 0.3 is 6.01 Å². The predicted molar refractivity (Wildman–Crippen MR) is 139 cm³/mol. The maximum atomic E-state index is 12.4. The van der Waals surface area contributed by atoms with Gasteiger partial charge in [0.25, 0.3) is 5.69 Å². The molecule has 8 nitrogen and oxygen atoms in total. The molecule has 0 aliphatic heterocycles. The van der Waals surface area contributed by atoms with Crippen LogP contribution in [0.2, 0.25) is 10.0 Å². The Labute approximate surface area is 216 Å². The van der Waals surface area contributed by atoms with Crippen LogP contribution in [-0.2, 0) is 4.79 Å². The molecule has 2 N–H and O–H groups in total. The molecule has 0 saturated heterocycles. The van der Waals surface area contributed by atoms with Gasteiger partial charge in [0.15, 0.2) is 5.76 Å². The van der Waals surface area contributed by atoms with Gasteiger partial charge in [0.1, 0.15) is 11.4 Å². The number of phenolic OH excluding ortho intramolecular Hbond substituents is 1. The van der Waals surface area contributed by atoms with Crippen LogP contribution in [0.1, 0.15) is 26.2 Å². The zero-order chi connectivity index (χ0) is 25.8. The molecular formula is C26H21Cl2N3O5. The molecule has 0 saturated carbocycles. The first-order valence-corrected chi connectivity index (χ1v) is 11.9. The number of hydrogen-bond acceptors (Lipinski definition) is 6. The summed E-state index contributed by atoms with van der Waals surface area (Å²) in [7, 11) is 0. The summed E-state index contributed by atoms with van der Waals surface area (Å²) in [5.41, 5.74) is 1.84. The minimum Gasteiger partial charge on any atom is -0.507 e. The average molecular weight is 526 g/mol. The lowest BCUT2D eigenvalue weighted by Crippen LogP contribution is -2.11. The van der Waals surface area contributed by atoms with Crippen LogP contribution in [0, 0.1) is 10.1 Å². The lowest BCUT2D eigenvalue weighted by molar-refractivity contribution is -0.384. The molecule has 0 spiro atoms. The van der Waals surface area contributed by atoms with Crippen LogP contribution in [-0.4, -0.2) is 20.9 Å². The summed E-state index contributed by atoms with van der Waals surface area (Å²) in [6.45, 7) is 1.98. The number of nitrogens with zero attached hydrogens (tertiary/aromatic N) is 2. The van der Waals surface area contributed by atoms with Gasteiger partial charge in [-0.05, 0) is 30.2 Å². The second-order valence-electron chi connectivity index (χ2n) is 7.95. The molecule has 0 atom stereocenters. The highest BCUT2D eigenvalue weighted by Gasteiger charge is 2.25. The van der Waals surface area contributed by atoms with Crippen molar-refractivity contribution in [2.75, 3.05) is 5.32 Å². The van der Waals surface area contributed by atoms with E-state index in [2.05, 4.69) is 10.3 Å². The molecule has 1 aromatic heterocycles. The van der Waals surface area contributed by atoms with Crippen molar-refractivity contribution in [3.05, 3.63) is 80.8 Å². The third-order valence-corrected chi connectivity index (χ3v) is 6.11. The highest BCUT2D eigenvalue weighted by molar-refractivity contribution is 6.39. The molecule has 0 aliphatic rings. The van der Waals surface area contributed by atoms with E-state index in [0.29, 0.717) is 50.8 Å². The van der Waals surface area contributed by atoms with Crippen molar-refractivity contribution in [2.24, 2.45) is 0 Å². The van der Waals surface area contributed by atoms with Gasteiger partial charge < -0.3 is 9.52 Å². The third kappa shape index (κ3) is 5.19. The Morgan fingerprint density at radius 2 is 1.75 bits per heavy atom. The van der Waals surface area contributed by atoms with Crippen LogP contribution >= 0.6 is 23.2 Å². The molecule has 1 amide bonds. The van der Waals surface area contributed by atoms with Crippen LogP contribution in [0.15, 0.2) is 65.1 Å². The largest absolute Gasteiger partial charge is 0.507 e. The van der Waals surface area contributed by atoms with E-state index in [4.69, 9.17) is 27.6 Å².